The van der Waals surface area contributed by atoms with E-state index >= 15 is 0 Å². The number of aryl methyl sites for hydroxylation is 2. The van der Waals surface area contributed by atoms with Crippen LogP contribution >= 0.6 is 11.8 Å². The summed E-state index contributed by atoms with van der Waals surface area (Å²) < 4.78 is 24.7. The molecule has 0 atom stereocenters. The van der Waals surface area contributed by atoms with Gasteiger partial charge in [-0.05, 0) is 87.4 Å². The monoisotopic (exact) mass is 555 g/mol. The van der Waals surface area contributed by atoms with Crippen LogP contribution in [0, 0.1) is 31.5 Å². The number of fused-ring (bicyclic) bond motifs is 2. The Balaban J connectivity index is 1.32. The average molecular weight is 556 g/mol. The molecule has 3 nitrogen and oxygen atoms in total. The number of esters is 1. The summed E-state index contributed by atoms with van der Waals surface area (Å²) in [5, 5.41) is 0. The standard InChI is InChI=1S/C33H28FO3S2/c1-22-19-26(39-29-11-7-5-9-27(29)38-28-10-6-8-12-30(28)39)20-23(2)32(22)36-21-31(35)37-33(3,4)18-17-24-13-15-25(34)16-14-24/h5-16,19-20H,21H2,1-4H3/q+1. The number of benzene rings is 4. The zero-order valence-corrected chi connectivity index (χ0v) is 23.8. The highest BCUT2D eigenvalue weighted by molar-refractivity contribution is 8.04. The van der Waals surface area contributed by atoms with Crippen molar-refractivity contribution in [2.45, 2.75) is 57.8 Å². The summed E-state index contributed by atoms with van der Waals surface area (Å²) in [4.78, 5) is 19.1. The highest BCUT2D eigenvalue weighted by Gasteiger charge is 2.38. The van der Waals surface area contributed by atoms with Gasteiger partial charge in [-0.25, -0.2) is 9.18 Å². The average Bonchev–Trinajstić information content (AvgIpc) is 2.90. The summed E-state index contributed by atoms with van der Waals surface area (Å²) >= 11 is 1.82. The SMILES string of the molecule is Cc1cc([S+]2c3ccccc3Sc3ccccc32)cc(C)c1OCC(=O)OC(C)(C)C#Cc1ccc(F)cc1. The van der Waals surface area contributed by atoms with Crippen LogP contribution in [0.25, 0.3) is 0 Å². The van der Waals surface area contributed by atoms with E-state index in [9.17, 15) is 9.18 Å². The van der Waals surface area contributed by atoms with Gasteiger partial charge in [0.25, 0.3) is 0 Å². The number of hydrogen-bond donors (Lipinski definition) is 0. The minimum absolute atomic E-state index is 0.225. The number of ether oxygens (including phenoxy) is 2. The molecule has 196 valence electrons. The highest BCUT2D eigenvalue weighted by atomic mass is 32.2. The fourth-order valence-corrected chi connectivity index (χ4v) is 8.30. The van der Waals surface area contributed by atoms with Gasteiger partial charge >= 0.3 is 5.97 Å². The van der Waals surface area contributed by atoms with Crippen molar-refractivity contribution in [2.75, 3.05) is 6.61 Å². The molecule has 6 heteroatoms. The van der Waals surface area contributed by atoms with Gasteiger partial charge in [-0.1, -0.05) is 47.9 Å². The number of halogens is 1. The Kier molecular flexibility index (Phi) is 7.74. The van der Waals surface area contributed by atoms with Gasteiger partial charge in [0.2, 0.25) is 0 Å². The normalized spacial score (nSPS) is 12.5. The quantitative estimate of drug-likeness (QED) is 0.126. The van der Waals surface area contributed by atoms with E-state index in [-0.39, 0.29) is 23.3 Å². The van der Waals surface area contributed by atoms with Crippen LogP contribution in [0.1, 0.15) is 30.5 Å². The van der Waals surface area contributed by atoms with E-state index < -0.39 is 11.6 Å². The fraction of sp³-hybridized carbons (Fsp3) is 0.182. The lowest BCUT2D eigenvalue weighted by atomic mass is 10.1. The van der Waals surface area contributed by atoms with Crippen LogP contribution in [0.4, 0.5) is 4.39 Å². The molecule has 0 aromatic heterocycles. The molecule has 0 bridgehead atoms. The predicted octanol–water partition coefficient (Wildman–Crippen LogP) is 7.75. The Hall–Kier alpha value is -3.66. The van der Waals surface area contributed by atoms with Crippen LogP contribution in [0.5, 0.6) is 5.75 Å². The molecule has 39 heavy (non-hydrogen) atoms. The Morgan fingerprint density at radius 3 is 2.05 bits per heavy atom. The number of hydrogen-bond acceptors (Lipinski definition) is 4. The molecule has 0 aliphatic carbocycles. The van der Waals surface area contributed by atoms with Crippen LogP contribution in [-0.2, 0) is 20.4 Å². The van der Waals surface area contributed by atoms with Crippen molar-refractivity contribution < 1.29 is 18.7 Å². The summed E-state index contributed by atoms with van der Waals surface area (Å²) in [6, 6.07) is 27.4. The van der Waals surface area contributed by atoms with Crippen molar-refractivity contribution in [3.05, 3.63) is 107 Å². The van der Waals surface area contributed by atoms with E-state index in [1.54, 1.807) is 26.0 Å². The molecular formula is C33H28FO3S2+. The second-order valence-corrected chi connectivity index (χ2v) is 12.8. The summed E-state index contributed by atoms with van der Waals surface area (Å²) in [5.41, 5.74) is 1.55. The van der Waals surface area contributed by atoms with Gasteiger partial charge in [-0.3, -0.25) is 0 Å². The number of rotatable bonds is 5. The zero-order chi connectivity index (χ0) is 27.6. The van der Waals surface area contributed by atoms with Gasteiger partial charge in [-0.2, -0.15) is 0 Å². The minimum Gasteiger partial charge on any atom is -0.481 e. The van der Waals surface area contributed by atoms with Crippen LogP contribution in [0.15, 0.2) is 109 Å². The molecule has 0 amide bonds. The second-order valence-electron chi connectivity index (χ2n) is 9.72. The molecule has 5 rings (SSSR count). The van der Waals surface area contributed by atoms with Gasteiger partial charge in [-0.15, -0.1) is 0 Å². The van der Waals surface area contributed by atoms with Crippen LogP contribution in [0.3, 0.4) is 0 Å². The second kappa shape index (κ2) is 11.2. The minimum atomic E-state index is -1.02. The molecule has 4 aromatic carbocycles. The van der Waals surface area contributed by atoms with E-state index in [0.717, 1.165) is 11.1 Å². The topological polar surface area (TPSA) is 35.5 Å². The Morgan fingerprint density at radius 1 is 0.897 bits per heavy atom. The Morgan fingerprint density at radius 2 is 1.46 bits per heavy atom. The van der Waals surface area contributed by atoms with E-state index in [0.29, 0.717) is 11.3 Å². The first-order chi connectivity index (χ1) is 18.7. The van der Waals surface area contributed by atoms with Gasteiger partial charge in [0.05, 0.1) is 9.79 Å². The third-order valence-electron chi connectivity index (χ3n) is 6.08. The Bertz CT molecular complexity index is 1530. The van der Waals surface area contributed by atoms with Gasteiger partial charge in [0.1, 0.15) is 22.5 Å². The first-order valence-corrected chi connectivity index (χ1v) is 14.6. The fourth-order valence-electron chi connectivity index (χ4n) is 4.38. The highest BCUT2D eigenvalue weighted by Crippen LogP contribution is 2.48. The predicted molar refractivity (Wildman–Crippen MR) is 154 cm³/mol. The van der Waals surface area contributed by atoms with Gasteiger partial charge in [0, 0.05) is 17.7 Å². The maximum Gasteiger partial charge on any atom is 0.345 e. The molecule has 0 N–H and O–H groups in total. The first kappa shape index (κ1) is 26.9. The van der Waals surface area contributed by atoms with Crippen LogP contribution < -0.4 is 4.74 Å². The van der Waals surface area contributed by atoms with Crippen molar-refractivity contribution in [3.8, 4) is 17.6 Å². The molecule has 1 heterocycles. The molecule has 1 aliphatic rings. The van der Waals surface area contributed by atoms with Gasteiger partial charge in [0.15, 0.2) is 26.9 Å². The molecule has 4 aromatic rings. The third-order valence-corrected chi connectivity index (χ3v) is 9.79. The molecule has 0 saturated carbocycles. The van der Waals surface area contributed by atoms with Gasteiger partial charge < -0.3 is 9.47 Å². The van der Waals surface area contributed by atoms with Crippen LogP contribution in [-0.4, -0.2) is 18.2 Å². The number of carbonyl (C=O) groups excluding carboxylic acids is 1. The van der Waals surface area contributed by atoms with E-state index in [1.165, 1.54) is 36.6 Å². The molecule has 0 saturated heterocycles. The molecule has 0 radical (unpaired) electrons. The lowest BCUT2D eigenvalue weighted by molar-refractivity contribution is -0.154. The lowest BCUT2D eigenvalue weighted by Gasteiger charge is -2.21. The number of carbonyl (C=O) groups is 1. The summed E-state index contributed by atoms with van der Waals surface area (Å²) in [6.45, 7) is 7.22. The van der Waals surface area contributed by atoms with E-state index in [4.69, 9.17) is 9.47 Å². The molecule has 0 spiro atoms. The maximum absolute atomic E-state index is 13.1. The van der Waals surface area contributed by atoms with Crippen molar-refractivity contribution in [1.82, 2.24) is 0 Å². The zero-order valence-electron chi connectivity index (χ0n) is 22.2. The van der Waals surface area contributed by atoms with Crippen molar-refractivity contribution >= 4 is 28.6 Å². The van der Waals surface area contributed by atoms with E-state index in [2.05, 4.69) is 72.5 Å². The molecule has 0 fully saturated rings. The largest absolute Gasteiger partial charge is 0.481 e. The van der Waals surface area contributed by atoms with Crippen molar-refractivity contribution in [2.24, 2.45) is 0 Å². The molecule has 0 unspecified atom stereocenters. The lowest BCUT2D eigenvalue weighted by Crippen LogP contribution is -2.29. The van der Waals surface area contributed by atoms with E-state index in [1.807, 2.05) is 25.6 Å². The third kappa shape index (κ3) is 6.16. The smallest absolute Gasteiger partial charge is 0.345 e. The summed E-state index contributed by atoms with van der Waals surface area (Å²) in [7, 11) is -0.237. The van der Waals surface area contributed by atoms with Crippen LogP contribution in [0.2, 0.25) is 0 Å². The van der Waals surface area contributed by atoms with Crippen molar-refractivity contribution in [3.63, 3.8) is 0 Å². The first-order valence-electron chi connectivity index (χ1n) is 12.5. The molecule has 1 aliphatic heterocycles. The summed E-state index contributed by atoms with van der Waals surface area (Å²) in [5.74, 6) is 5.71. The van der Waals surface area contributed by atoms with Crippen molar-refractivity contribution in [1.29, 1.82) is 0 Å². The maximum atomic E-state index is 13.1. The molecular weight excluding hydrogens is 527 g/mol. The summed E-state index contributed by atoms with van der Waals surface area (Å²) in [6.07, 6.45) is 0. The Labute approximate surface area is 236 Å².